The zero-order valence-corrected chi connectivity index (χ0v) is 11.7. The molecule has 4 nitrogen and oxygen atoms in total. The van der Waals surface area contributed by atoms with E-state index >= 15 is 0 Å². The molecule has 96 valence electrons. The molecule has 0 heterocycles. The average molecular weight is 247 g/mol. The van der Waals surface area contributed by atoms with Crippen LogP contribution in [0.2, 0.25) is 0 Å². The van der Waals surface area contributed by atoms with E-state index in [1.807, 2.05) is 18.7 Å². The van der Waals surface area contributed by atoms with E-state index in [9.17, 15) is 0 Å². The van der Waals surface area contributed by atoms with Crippen molar-refractivity contribution in [3.05, 3.63) is 0 Å². The maximum absolute atomic E-state index is 5.26. The Balaban J connectivity index is 3.53. The third-order valence-electron chi connectivity index (χ3n) is 2.14. The van der Waals surface area contributed by atoms with Crippen LogP contribution >= 0.6 is 11.8 Å². The van der Waals surface area contributed by atoms with Gasteiger partial charge in [0.05, 0.1) is 0 Å². The fourth-order valence-corrected chi connectivity index (χ4v) is 1.32. The largest absolute Gasteiger partial charge is 0.382 e. The van der Waals surface area contributed by atoms with Crippen molar-refractivity contribution in [1.29, 1.82) is 0 Å². The summed E-state index contributed by atoms with van der Waals surface area (Å²) < 4.78 is 5.26. The van der Waals surface area contributed by atoms with Gasteiger partial charge in [-0.3, -0.25) is 4.99 Å². The minimum atomic E-state index is 0.599. The molecule has 0 aromatic rings. The van der Waals surface area contributed by atoms with Crippen LogP contribution in [-0.4, -0.2) is 50.8 Å². The summed E-state index contributed by atoms with van der Waals surface area (Å²) in [6, 6.07) is 0. The first-order chi connectivity index (χ1) is 7.74. The van der Waals surface area contributed by atoms with Gasteiger partial charge in [-0.25, -0.2) is 0 Å². The summed E-state index contributed by atoms with van der Waals surface area (Å²) in [5.74, 6) is 0.873. The second-order valence-corrected chi connectivity index (χ2v) is 4.75. The summed E-state index contributed by atoms with van der Waals surface area (Å²) in [5.41, 5.74) is 0. The van der Waals surface area contributed by atoms with Crippen molar-refractivity contribution in [2.75, 3.05) is 39.6 Å². The molecule has 1 atom stereocenters. The Morgan fingerprint density at radius 3 is 2.75 bits per heavy atom. The van der Waals surface area contributed by atoms with Gasteiger partial charge < -0.3 is 15.4 Å². The lowest BCUT2D eigenvalue weighted by Gasteiger charge is -2.14. The molecule has 0 radical (unpaired) electrons. The lowest BCUT2D eigenvalue weighted by Crippen LogP contribution is -2.40. The molecule has 0 bridgehead atoms. The van der Waals surface area contributed by atoms with Crippen LogP contribution in [0.25, 0.3) is 0 Å². The Morgan fingerprint density at radius 1 is 1.44 bits per heavy atom. The predicted molar refractivity (Wildman–Crippen MR) is 73.5 cm³/mol. The lowest BCUT2D eigenvalue weighted by molar-refractivity contribution is 0.145. The van der Waals surface area contributed by atoms with Crippen LogP contribution in [0, 0.1) is 0 Å². The van der Waals surface area contributed by atoms with Crippen LogP contribution in [0.15, 0.2) is 4.99 Å². The predicted octanol–water partition coefficient (Wildman–Crippen LogP) is 1.33. The molecular formula is C11H25N3OS. The van der Waals surface area contributed by atoms with Crippen molar-refractivity contribution in [3.63, 3.8) is 0 Å². The van der Waals surface area contributed by atoms with Gasteiger partial charge >= 0.3 is 0 Å². The molecule has 0 aliphatic rings. The molecule has 2 N–H and O–H groups in total. The summed E-state index contributed by atoms with van der Waals surface area (Å²) in [6.07, 6.45) is 3.12. The summed E-state index contributed by atoms with van der Waals surface area (Å²) in [7, 11) is 1.79. The van der Waals surface area contributed by atoms with Crippen LogP contribution in [-0.2, 0) is 4.74 Å². The van der Waals surface area contributed by atoms with Crippen molar-refractivity contribution < 1.29 is 4.74 Å². The smallest absolute Gasteiger partial charge is 0.191 e. The van der Waals surface area contributed by atoms with Gasteiger partial charge in [0.15, 0.2) is 5.96 Å². The SMILES string of the molecule is CCOCCCNC(=NC)NCC(C)SC. The van der Waals surface area contributed by atoms with Gasteiger partial charge in [0.2, 0.25) is 0 Å². The quantitative estimate of drug-likeness (QED) is 0.386. The van der Waals surface area contributed by atoms with Crippen LogP contribution in [0.5, 0.6) is 0 Å². The molecular weight excluding hydrogens is 222 g/mol. The zero-order chi connectivity index (χ0) is 12.2. The molecule has 0 rings (SSSR count). The fraction of sp³-hybridized carbons (Fsp3) is 0.909. The van der Waals surface area contributed by atoms with Crippen molar-refractivity contribution in [1.82, 2.24) is 10.6 Å². The molecule has 0 fully saturated rings. The first-order valence-electron chi connectivity index (χ1n) is 5.79. The number of nitrogens with one attached hydrogen (secondary N) is 2. The fourth-order valence-electron chi connectivity index (χ4n) is 1.07. The molecule has 5 heteroatoms. The van der Waals surface area contributed by atoms with E-state index < -0.39 is 0 Å². The van der Waals surface area contributed by atoms with Gasteiger partial charge in [0.25, 0.3) is 0 Å². The van der Waals surface area contributed by atoms with Crippen LogP contribution in [0.3, 0.4) is 0 Å². The molecule has 0 aromatic heterocycles. The van der Waals surface area contributed by atoms with E-state index in [0.717, 1.165) is 38.7 Å². The number of nitrogens with zero attached hydrogens (tertiary/aromatic N) is 1. The molecule has 0 saturated carbocycles. The molecule has 1 unspecified atom stereocenters. The summed E-state index contributed by atoms with van der Waals surface area (Å²) in [5, 5.41) is 7.14. The number of guanidine groups is 1. The van der Waals surface area contributed by atoms with Gasteiger partial charge in [-0.15, -0.1) is 0 Å². The third-order valence-corrected chi connectivity index (χ3v) is 3.12. The Labute approximate surface area is 104 Å². The summed E-state index contributed by atoms with van der Waals surface area (Å²) in [6.45, 7) is 7.64. The highest BCUT2D eigenvalue weighted by molar-refractivity contribution is 7.99. The summed E-state index contributed by atoms with van der Waals surface area (Å²) in [4.78, 5) is 4.16. The normalized spacial score (nSPS) is 13.6. The third kappa shape index (κ3) is 8.85. The topological polar surface area (TPSA) is 45.6 Å². The second kappa shape index (κ2) is 11.1. The number of thioether (sulfide) groups is 1. The minimum absolute atomic E-state index is 0.599. The molecule has 0 aliphatic carbocycles. The molecule has 0 spiro atoms. The van der Waals surface area contributed by atoms with Gasteiger partial charge in [-0.1, -0.05) is 6.92 Å². The van der Waals surface area contributed by atoms with E-state index in [0.29, 0.717) is 5.25 Å². The minimum Gasteiger partial charge on any atom is -0.382 e. The van der Waals surface area contributed by atoms with Crippen LogP contribution < -0.4 is 10.6 Å². The number of hydrogen-bond donors (Lipinski definition) is 2. The molecule has 0 aliphatic heterocycles. The Kier molecular flexibility index (Phi) is 10.8. The number of aliphatic imine (C=N–C) groups is 1. The number of hydrogen-bond acceptors (Lipinski definition) is 3. The van der Waals surface area contributed by atoms with Crippen molar-refractivity contribution >= 4 is 17.7 Å². The van der Waals surface area contributed by atoms with Gasteiger partial charge in [0, 0.05) is 38.6 Å². The van der Waals surface area contributed by atoms with Gasteiger partial charge in [-0.2, -0.15) is 11.8 Å². The van der Waals surface area contributed by atoms with E-state index in [1.54, 1.807) is 7.05 Å². The van der Waals surface area contributed by atoms with E-state index in [2.05, 4.69) is 28.8 Å². The number of rotatable bonds is 8. The Morgan fingerprint density at radius 2 is 2.19 bits per heavy atom. The highest BCUT2D eigenvalue weighted by Crippen LogP contribution is 2.01. The first-order valence-corrected chi connectivity index (χ1v) is 7.08. The molecule has 16 heavy (non-hydrogen) atoms. The second-order valence-electron chi connectivity index (χ2n) is 3.48. The zero-order valence-electron chi connectivity index (χ0n) is 10.9. The van der Waals surface area contributed by atoms with E-state index in [1.165, 1.54) is 0 Å². The highest BCUT2D eigenvalue weighted by atomic mass is 32.2. The maximum atomic E-state index is 5.26. The highest BCUT2D eigenvalue weighted by Gasteiger charge is 2.01. The van der Waals surface area contributed by atoms with Crippen molar-refractivity contribution in [3.8, 4) is 0 Å². The molecule has 0 aromatic carbocycles. The standard InChI is InChI=1S/C11H25N3OS/c1-5-15-8-6-7-13-11(12-3)14-9-10(2)16-4/h10H,5-9H2,1-4H3,(H2,12,13,14). The number of ether oxygens (including phenoxy) is 1. The Bertz CT molecular complexity index is 188. The average Bonchev–Trinajstić information content (AvgIpc) is 2.32. The molecule has 0 saturated heterocycles. The van der Waals surface area contributed by atoms with Gasteiger partial charge in [0.1, 0.15) is 0 Å². The van der Waals surface area contributed by atoms with Gasteiger partial charge in [-0.05, 0) is 19.6 Å². The maximum Gasteiger partial charge on any atom is 0.191 e. The lowest BCUT2D eigenvalue weighted by atomic mass is 10.4. The summed E-state index contributed by atoms with van der Waals surface area (Å²) >= 11 is 1.85. The van der Waals surface area contributed by atoms with Crippen LogP contribution in [0.1, 0.15) is 20.3 Å². The first kappa shape index (κ1) is 15.6. The Hall–Kier alpha value is -0.420. The monoisotopic (exact) mass is 247 g/mol. The van der Waals surface area contributed by atoms with Crippen molar-refractivity contribution in [2.24, 2.45) is 4.99 Å². The van der Waals surface area contributed by atoms with Crippen molar-refractivity contribution in [2.45, 2.75) is 25.5 Å². The van der Waals surface area contributed by atoms with Crippen LogP contribution in [0.4, 0.5) is 0 Å². The van der Waals surface area contributed by atoms with E-state index in [4.69, 9.17) is 4.74 Å². The molecule has 0 amide bonds. The van der Waals surface area contributed by atoms with E-state index in [-0.39, 0.29) is 0 Å².